The van der Waals surface area contributed by atoms with Crippen LogP contribution in [0.25, 0.3) is 0 Å². The van der Waals surface area contributed by atoms with Crippen LogP contribution in [0.1, 0.15) is 32.1 Å². The van der Waals surface area contributed by atoms with Gasteiger partial charge in [0.25, 0.3) is 0 Å². The van der Waals surface area contributed by atoms with E-state index < -0.39 is 0 Å². The number of anilines is 2. The number of amides is 2. The second kappa shape index (κ2) is 8.64. The summed E-state index contributed by atoms with van der Waals surface area (Å²) in [6, 6.07) is 7.12. The van der Waals surface area contributed by atoms with Crippen LogP contribution >= 0.6 is 12.4 Å². The number of benzene rings is 1. The molecule has 0 aromatic heterocycles. The van der Waals surface area contributed by atoms with Crippen molar-refractivity contribution in [1.82, 2.24) is 0 Å². The van der Waals surface area contributed by atoms with Crippen molar-refractivity contribution in [3.8, 4) is 0 Å². The maximum atomic E-state index is 12.1. The molecule has 0 heterocycles. The van der Waals surface area contributed by atoms with Gasteiger partial charge in [0.05, 0.1) is 6.54 Å². The van der Waals surface area contributed by atoms with Gasteiger partial charge in [0.15, 0.2) is 0 Å². The predicted molar refractivity (Wildman–Crippen MR) is 86.6 cm³/mol. The van der Waals surface area contributed by atoms with Crippen LogP contribution in [-0.2, 0) is 9.59 Å². The Hall–Kier alpha value is -1.59. The van der Waals surface area contributed by atoms with E-state index in [2.05, 4.69) is 10.6 Å². The number of nitrogens with one attached hydrogen (secondary N) is 2. The van der Waals surface area contributed by atoms with E-state index in [1.165, 1.54) is 6.42 Å². The molecule has 0 saturated heterocycles. The van der Waals surface area contributed by atoms with Gasteiger partial charge in [-0.3, -0.25) is 9.59 Å². The first-order valence-corrected chi connectivity index (χ1v) is 7.10. The van der Waals surface area contributed by atoms with Gasteiger partial charge in [-0.15, -0.1) is 12.4 Å². The van der Waals surface area contributed by atoms with Gasteiger partial charge in [-0.2, -0.15) is 0 Å². The molecule has 1 aliphatic rings. The molecular formula is C15H22ClN3O2. The summed E-state index contributed by atoms with van der Waals surface area (Å²) in [5.41, 5.74) is 6.60. The molecule has 5 nitrogen and oxygen atoms in total. The number of hydrogen-bond acceptors (Lipinski definition) is 3. The first-order chi connectivity index (χ1) is 9.69. The fourth-order valence-corrected chi connectivity index (χ4v) is 2.50. The number of hydrogen-bond donors (Lipinski definition) is 3. The van der Waals surface area contributed by atoms with E-state index in [-0.39, 0.29) is 36.7 Å². The first kappa shape index (κ1) is 17.5. The molecule has 0 radical (unpaired) electrons. The average Bonchev–Trinajstić information content (AvgIpc) is 2.48. The van der Waals surface area contributed by atoms with Gasteiger partial charge in [-0.25, -0.2) is 0 Å². The van der Waals surface area contributed by atoms with Crippen molar-refractivity contribution in [3.63, 3.8) is 0 Å². The van der Waals surface area contributed by atoms with E-state index in [1.807, 2.05) is 6.07 Å². The number of carbonyl (C=O) groups is 2. The van der Waals surface area contributed by atoms with E-state index in [9.17, 15) is 9.59 Å². The van der Waals surface area contributed by atoms with Crippen LogP contribution in [0.5, 0.6) is 0 Å². The fraction of sp³-hybridized carbons (Fsp3) is 0.467. The molecule has 0 unspecified atom stereocenters. The highest BCUT2D eigenvalue weighted by Crippen LogP contribution is 2.25. The SMILES string of the molecule is Cl.NCC(=O)Nc1cccc(NC(=O)C2CCCCC2)c1. The molecule has 0 spiro atoms. The highest BCUT2D eigenvalue weighted by atomic mass is 35.5. The fourth-order valence-electron chi connectivity index (χ4n) is 2.50. The van der Waals surface area contributed by atoms with Crippen LogP contribution in [0.15, 0.2) is 24.3 Å². The molecule has 1 aromatic rings. The minimum atomic E-state index is -0.249. The Morgan fingerprint density at radius 3 is 2.33 bits per heavy atom. The lowest BCUT2D eigenvalue weighted by Crippen LogP contribution is -2.25. The van der Waals surface area contributed by atoms with Gasteiger partial charge in [0.1, 0.15) is 0 Å². The molecule has 2 amide bonds. The third kappa shape index (κ3) is 5.36. The van der Waals surface area contributed by atoms with Crippen molar-refractivity contribution in [2.45, 2.75) is 32.1 Å². The zero-order valence-corrected chi connectivity index (χ0v) is 12.7. The van der Waals surface area contributed by atoms with E-state index in [1.54, 1.807) is 18.2 Å². The summed E-state index contributed by atoms with van der Waals surface area (Å²) in [5.74, 6) is -0.0567. The van der Waals surface area contributed by atoms with Crippen molar-refractivity contribution in [2.75, 3.05) is 17.2 Å². The lowest BCUT2D eigenvalue weighted by molar-refractivity contribution is -0.120. The normalized spacial score (nSPS) is 14.9. The molecule has 2 rings (SSSR count). The minimum absolute atomic E-state index is 0. The Morgan fingerprint density at radius 2 is 1.71 bits per heavy atom. The van der Waals surface area contributed by atoms with E-state index in [4.69, 9.17) is 5.73 Å². The molecule has 116 valence electrons. The third-order valence-electron chi connectivity index (χ3n) is 3.58. The summed E-state index contributed by atoms with van der Waals surface area (Å²) in [4.78, 5) is 23.4. The highest BCUT2D eigenvalue weighted by molar-refractivity contribution is 5.95. The lowest BCUT2D eigenvalue weighted by atomic mass is 9.88. The Morgan fingerprint density at radius 1 is 1.10 bits per heavy atom. The number of carbonyl (C=O) groups excluding carboxylic acids is 2. The predicted octanol–water partition coefficient (Wildman–Crippen LogP) is 2.52. The quantitative estimate of drug-likeness (QED) is 0.799. The molecule has 0 atom stereocenters. The van der Waals surface area contributed by atoms with Crippen LogP contribution in [-0.4, -0.2) is 18.4 Å². The maximum Gasteiger partial charge on any atom is 0.238 e. The summed E-state index contributed by atoms with van der Waals surface area (Å²) in [7, 11) is 0. The maximum absolute atomic E-state index is 12.1. The monoisotopic (exact) mass is 311 g/mol. The second-order valence-electron chi connectivity index (χ2n) is 5.16. The molecule has 4 N–H and O–H groups in total. The van der Waals surface area contributed by atoms with Crippen LogP contribution in [0.4, 0.5) is 11.4 Å². The largest absolute Gasteiger partial charge is 0.326 e. The van der Waals surface area contributed by atoms with Gasteiger partial charge in [-0.1, -0.05) is 25.3 Å². The average molecular weight is 312 g/mol. The van der Waals surface area contributed by atoms with Gasteiger partial charge < -0.3 is 16.4 Å². The molecule has 6 heteroatoms. The van der Waals surface area contributed by atoms with E-state index in [0.29, 0.717) is 11.4 Å². The highest BCUT2D eigenvalue weighted by Gasteiger charge is 2.20. The standard InChI is InChI=1S/C15H21N3O2.ClH/c16-10-14(19)17-12-7-4-8-13(9-12)18-15(20)11-5-2-1-3-6-11;/h4,7-9,11H,1-3,5-6,10,16H2,(H,17,19)(H,18,20);1H. The summed E-state index contributed by atoms with van der Waals surface area (Å²) in [6.45, 7) is -0.0569. The molecule has 1 saturated carbocycles. The zero-order valence-electron chi connectivity index (χ0n) is 11.9. The summed E-state index contributed by atoms with van der Waals surface area (Å²) < 4.78 is 0. The molecular weight excluding hydrogens is 290 g/mol. The number of halogens is 1. The van der Waals surface area contributed by atoms with Crippen molar-refractivity contribution < 1.29 is 9.59 Å². The Labute approximate surface area is 131 Å². The van der Waals surface area contributed by atoms with Crippen LogP contribution in [0.2, 0.25) is 0 Å². The Balaban J connectivity index is 0.00000220. The summed E-state index contributed by atoms with van der Waals surface area (Å²) in [6.07, 6.45) is 5.42. The van der Waals surface area contributed by atoms with Crippen LogP contribution in [0.3, 0.4) is 0 Å². The Kier molecular flexibility index (Phi) is 7.19. The van der Waals surface area contributed by atoms with Gasteiger partial charge in [-0.05, 0) is 31.0 Å². The molecule has 21 heavy (non-hydrogen) atoms. The van der Waals surface area contributed by atoms with Crippen LogP contribution < -0.4 is 16.4 Å². The zero-order chi connectivity index (χ0) is 14.4. The summed E-state index contributed by atoms with van der Waals surface area (Å²) >= 11 is 0. The summed E-state index contributed by atoms with van der Waals surface area (Å²) in [5, 5.41) is 5.59. The molecule has 1 aliphatic carbocycles. The smallest absolute Gasteiger partial charge is 0.238 e. The van der Waals surface area contributed by atoms with Gasteiger partial charge >= 0.3 is 0 Å². The molecule has 0 aliphatic heterocycles. The molecule has 1 fully saturated rings. The molecule has 1 aromatic carbocycles. The van der Waals surface area contributed by atoms with Gasteiger partial charge in [0, 0.05) is 17.3 Å². The van der Waals surface area contributed by atoms with Crippen molar-refractivity contribution in [1.29, 1.82) is 0 Å². The Bertz CT molecular complexity index is 488. The van der Waals surface area contributed by atoms with Crippen molar-refractivity contribution >= 4 is 35.6 Å². The third-order valence-corrected chi connectivity index (χ3v) is 3.58. The van der Waals surface area contributed by atoms with Crippen molar-refractivity contribution in [2.24, 2.45) is 11.7 Å². The topological polar surface area (TPSA) is 84.2 Å². The number of rotatable bonds is 4. The van der Waals surface area contributed by atoms with Crippen molar-refractivity contribution in [3.05, 3.63) is 24.3 Å². The van der Waals surface area contributed by atoms with E-state index >= 15 is 0 Å². The van der Waals surface area contributed by atoms with Crippen LogP contribution in [0, 0.1) is 5.92 Å². The second-order valence-corrected chi connectivity index (χ2v) is 5.16. The molecule has 0 bridgehead atoms. The lowest BCUT2D eigenvalue weighted by Gasteiger charge is -2.20. The van der Waals surface area contributed by atoms with Gasteiger partial charge in [0.2, 0.25) is 11.8 Å². The minimum Gasteiger partial charge on any atom is -0.326 e. The first-order valence-electron chi connectivity index (χ1n) is 7.10. The van der Waals surface area contributed by atoms with E-state index in [0.717, 1.165) is 25.7 Å². The number of nitrogens with two attached hydrogens (primary N) is 1.